The van der Waals surface area contributed by atoms with Crippen molar-refractivity contribution in [3.8, 4) is 0 Å². The summed E-state index contributed by atoms with van der Waals surface area (Å²) >= 11 is 0. The van der Waals surface area contributed by atoms with E-state index in [1.807, 2.05) is 0 Å². The first-order valence-electron chi connectivity index (χ1n) is 8.95. The van der Waals surface area contributed by atoms with Crippen molar-refractivity contribution in [1.29, 1.82) is 0 Å². The number of nitrogens with zero attached hydrogens (tertiary/aromatic N) is 1. The van der Waals surface area contributed by atoms with Crippen LogP contribution in [0.5, 0.6) is 0 Å². The molecule has 0 atom stereocenters. The second-order valence-corrected chi connectivity index (χ2v) is 6.23. The van der Waals surface area contributed by atoms with Crippen LogP contribution in [0.1, 0.15) is 31.7 Å². The number of nitrogens with one attached hydrogen (secondary N) is 2. The molecule has 1 aromatic carbocycles. The van der Waals surface area contributed by atoms with Gasteiger partial charge < -0.3 is 20.1 Å². The molecule has 1 fully saturated rings. The number of hydrogen-bond donors (Lipinski definition) is 2. The molecule has 1 aromatic rings. The summed E-state index contributed by atoms with van der Waals surface area (Å²) < 4.78 is 10.7. The quantitative estimate of drug-likeness (QED) is 0.271. The molecule has 142 valence electrons. The second-order valence-electron chi connectivity index (χ2n) is 6.23. The van der Waals surface area contributed by atoms with Crippen LogP contribution in [0, 0.1) is 0 Å². The largest absolute Gasteiger partial charge is 0.385 e. The number of guanidine groups is 1. The van der Waals surface area contributed by atoms with Gasteiger partial charge in [0.05, 0.1) is 6.54 Å². The summed E-state index contributed by atoms with van der Waals surface area (Å²) in [7, 11) is 1.73. The van der Waals surface area contributed by atoms with Gasteiger partial charge in [-0.3, -0.25) is 4.99 Å². The minimum absolute atomic E-state index is 0. The van der Waals surface area contributed by atoms with Gasteiger partial charge in [0.1, 0.15) is 0 Å². The minimum atomic E-state index is 0. The van der Waals surface area contributed by atoms with Gasteiger partial charge in [0, 0.05) is 45.4 Å². The summed E-state index contributed by atoms with van der Waals surface area (Å²) in [4.78, 5) is 4.88. The number of benzene rings is 1. The van der Waals surface area contributed by atoms with E-state index in [1.165, 1.54) is 5.56 Å². The Labute approximate surface area is 169 Å². The number of ether oxygens (including phenoxy) is 2. The molecule has 0 spiro atoms. The van der Waals surface area contributed by atoms with Gasteiger partial charge in [0.15, 0.2) is 5.96 Å². The third kappa shape index (κ3) is 7.11. The maximum absolute atomic E-state index is 5.60. The molecule has 1 saturated heterocycles. The second kappa shape index (κ2) is 12.5. The summed E-state index contributed by atoms with van der Waals surface area (Å²) in [5, 5.41) is 6.73. The highest BCUT2D eigenvalue weighted by Crippen LogP contribution is 2.35. The van der Waals surface area contributed by atoms with Crippen molar-refractivity contribution in [3.63, 3.8) is 0 Å². The van der Waals surface area contributed by atoms with Crippen LogP contribution >= 0.6 is 24.0 Å². The molecule has 0 aliphatic carbocycles. The predicted molar refractivity (Wildman–Crippen MR) is 114 cm³/mol. The average Bonchev–Trinajstić information content (AvgIpc) is 2.64. The summed E-state index contributed by atoms with van der Waals surface area (Å²) in [5.74, 6) is 0.885. The molecule has 0 amide bonds. The third-order valence-corrected chi connectivity index (χ3v) is 4.54. The minimum Gasteiger partial charge on any atom is -0.385 e. The van der Waals surface area contributed by atoms with Crippen LogP contribution in [-0.2, 0) is 14.9 Å². The molecule has 0 bridgehead atoms. The van der Waals surface area contributed by atoms with Crippen LogP contribution in [0.15, 0.2) is 35.3 Å². The van der Waals surface area contributed by atoms with Gasteiger partial charge in [-0.05, 0) is 31.7 Å². The van der Waals surface area contributed by atoms with Gasteiger partial charge in [0.2, 0.25) is 0 Å². The molecule has 1 heterocycles. The fourth-order valence-corrected chi connectivity index (χ4v) is 3.09. The third-order valence-electron chi connectivity index (χ3n) is 4.54. The highest BCUT2D eigenvalue weighted by Gasteiger charge is 2.34. The van der Waals surface area contributed by atoms with Crippen LogP contribution < -0.4 is 10.6 Å². The van der Waals surface area contributed by atoms with Crippen molar-refractivity contribution < 1.29 is 9.47 Å². The number of aliphatic imine (C=N–C) groups is 1. The maximum Gasteiger partial charge on any atom is 0.191 e. The van der Waals surface area contributed by atoms with E-state index in [9.17, 15) is 0 Å². The van der Waals surface area contributed by atoms with E-state index in [-0.39, 0.29) is 29.4 Å². The van der Waals surface area contributed by atoms with Gasteiger partial charge in [-0.25, -0.2) is 0 Å². The Balaban J connectivity index is 0.00000312. The summed E-state index contributed by atoms with van der Waals surface area (Å²) in [6.45, 7) is 6.97. The lowest BCUT2D eigenvalue weighted by molar-refractivity contribution is 0.0531. The van der Waals surface area contributed by atoms with Crippen molar-refractivity contribution in [2.24, 2.45) is 4.99 Å². The van der Waals surface area contributed by atoms with E-state index in [0.29, 0.717) is 0 Å². The number of methoxy groups -OCH3 is 1. The van der Waals surface area contributed by atoms with Gasteiger partial charge in [0.25, 0.3) is 0 Å². The lowest BCUT2D eigenvalue weighted by Gasteiger charge is -2.36. The molecule has 0 unspecified atom stereocenters. The molecular formula is C19H32IN3O2. The standard InChI is InChI=1S/C19H31N3O2.HI/c1-3-20-18(21-12-7-13-23-2)22-16-19(10-14-24-15-11-19)17-8-5-4-6-9-17;/h4-6,8-9H,3,7,10-16H2,1-2H3,(H2,20,21,22);1H. The van der Waals surface area contributed by atoms with Crippen LogP contribution in [0.2, 0.25) is 0 Å². The zero-order valence-corrected chi connectivity index (χ0v) is 17.8. The molecule has 0 radical (unpaired) electrons. The molecule has 2 rings (SSSR count). The fourth-order valence-electron chi connectivity index (χ4n) is 3.09. The van der Waals surface area contributed by atoms with Crippen LogP contribution in [-0.4, -0.2) is 52.5 Å². The monoisotopic (exact) mass is 461 g/mol. The Morgan fingerprint density at radius 2 is 1.92 bits per heavy atom. The summed E-state index contributed by atoms with van der Waals surface area (Å²) in [6.07, 6.45) is 3.01. The lowest BCUT2D eigenvalue weighted by atomic mass is 9.74. The molecule has 2 N–H and O–H groups in total. The molecule has 0 aromatic heterocycles. The van der Waals surface area contributed by atoms with E-state index in [2.05, 4.69) is 47.9 Å². The van der Waals surface area contributed by atoms with Crippen molar-refractivity contribution in [2.45, 2.75) is 31.6 Å². The number of rotatable bonds is 8. The topological polar surface area (TPSA) is 54.9 Å². The predicted octanol–water partition coefficient (Wildman–Crippen LogP) is 2.94. The van der Waals surface area contributed by atoms with Gasteiger partial charge in [-0.1, -0.05) is 30.3 Å². The summed E-state index contributed by atoms with van der Waals surface area (Å²) in [6, 6.07) is 10.7. The average molecular weight is 461 g/mol. The Kier molecular flexibility index (Phi) is 11.1. The van der Waals surface area contributed by atoms with Gasteiger partial charge >= 0.3 is 0 Å². The van der Waals surface area contributed by atoms with E-state index in [4.69, 9.17) is 14.5 Å². The van der Waals surface area contributed by atoms with Gasteiger partial charge in [-0.15, -0.1) is 24.0 Å². The van der Waals surface area contributed by atoms with E-state index < -0.39 is 0 Å². The zero-order valence-electron chi connectivity index (χ0n) is 15.4. The maximum atomic E-state index is 5.60. The Morgan fingerprint density at radius 1 is 1.20 bits per heavy atom. The molecule has 6 heteroatoms. The lowest BCUT2D eigenvalue weighted by Crippen LogP contribution is -2.41. The molecule has 25 heavy (non-hydrogen) atoms. The molecule has 5 nitrogen and oxygen atoms in total. The number of hydrogen-bond acceptors (Lipinski definition) is 3. The number of halogens is 1. The highest BCUT2D eigenvalue weighted by atomic mass is 127. The Bertz CT molecular complexity index is 491. The van der Waals surface area contributed by atoms with E-state index in [1.54, 1.807) is 7.11 Å². The first-order chi connectivity index (χ1) is 11.8. The Hall–Kier alpha value is -0.860. The van der Waals surface area contributed by atoms with E-state index >= 15 is 0 Å². The van der Waals surface area contributed by atoms with Crippen molar-refractivity contribution in [1.82, 2.24) is 10.6 Å². The van der Waals surface area contributed by atoms with Crippen LogP contribution in [0.4, 0.5) is 0 Å². The Morgan fingerprint density at radius 3 is 2.56 bits per heavy atom. The van der Waals surface area contributed by atoms with Crippen LogP contribution in [0.25, 0.3) is 0 Å². The first kappa shape index (κ1) is 22.2. The van der Waals surface area contributed by atoms with Crippen molar-refractivity contribution >= 4 is 29.9 Å². The highest BCUT2D eigenvalue weighted by molar-refractivity contribution is 14.0. The molecule has 1 aliphatic heterocycles. The molecular weight excluding hydrogens is 429 g/mol. The zero-order chi connectivity index (χ0) is 17.1. The van der Waals surface area contributed by atoms with E-state index in [0.717, 1.165) is 64.7 Å². The smallest absolute Gasteiger partial charge is 0.191 e. The van der Waals surface area contributed by atoms with Crippen molar-refractivity contribution in [3.05, 3.63) is 35.9 Å². The van der Waals surface area contributed by atoms with Crippen molar-refractivity contribution in [2.75, 3.05) is 46.6 Å². The van der Waals surface area contributed by atoms with Crippen LogP contribution in [0.3, 0.4) is 0 Å². The fraction of sp³-hybridized carbons (Fsp3) is 0.632. The first-order valence-corrected chi connectivity index (χ1v) is 8.95. The summed E-state index contributed by atoms with van der Waals surface area (Å²) in [5.41, 5.74) is 1.45. The van der Waals surface area contributed by atoms with Gasteiger partial charge in [-0.2, -0.15) is 0 Å². The SMILES string of the molecule is CCNC(=NCC1(c2ccccc2)CCOCC1)NCCCOC.I. The molecule has 0 saturated carbocycles. The normalized spacial score (nSPS) is 16.8. The molecule has 1 aliphatic rings.